The molecule has 1 fully saturated rings. The van der Waals surface area contributed by atoms with E-state index in [1.807, 2.05) is 10.8 Å². The van der Waals surface area contributed by atoms with Crippen molar-refractivity contribution in [2.75, 3.05) is 13.2 Å². The van der Waals surface area contributed by atoms with Crippen molar-refractivity contribution in [1.29, 1.82) is 0 Å². The summed E-state index contributed by atoms with van der Waals surface area (Å²) in [5.41, 5.74) is 0.828. The van der Waals surface area contributed by atoms with E-state index in [1.54, 1.807) is 42.9 Å². The van der Waals surface area contributed by atoms with Crippen molar-refractivity contribution >= 4 is 17.4 Å². The van der Waals surface area contributed by atoms with Crippen LogP contribution in [-0.4, -0.2) is 44.4 Å². The van der Waals surface area contributed by atoms with Crippen LogP contribution in [-0.2, 0) is 16.1 Å². The average molecular weight is 461 g/mol. The highest BCUT2D eigenvalue weighted by Crippen LogP contribution is 2.40. The third-order valence-electron chi connectivity index (χ3n) is 5.57. The fraction of sp³-hybridized carbons (Fsp3) is 0.192. The number of carbonyl (C=O) groups excluding carboxylic acids is 2. The number of imidazole rings is 1. The molecule has 2 aromatic carbocycles. The second-order valence-electron chi connectivity index (χ2n) is 7.83. The Kier molecular flexibility index (Phi) is 6.87. The van der Waals surface area contributed by atoms with Crippen LogP contribution in [0.1, 0.15) is 23.6 Å². The maximum Gasteiger partial charge on any atom is 0.295 e. The molecular formula is C26H24FN3O4. The van der Waals surface area contributed by atoms with Crippen molar-refractivity contribution in [1.82, 2.24) is 14.5 Å². The second-order valence-corrected chi connectivity index (χ2v) is 7.83. The lowest BCUT2D eigenvalue weighted by molar-refractivity contribution is -0.139. The van der Waals surface area contributed by atoms with Gasteiger partial charge in [-0.1, -0.05) is 24.8 Å². The van der Waals surface area contributed by atoms with Gasteiger partial charge in [-0.05, 0) is 48.4 Å². The molecule has 34 heavy (non-hydrogen) atoms. The van der Waals surface area contributed by atoms with Crippen LogP contribution in [0.25, 0.3) is 5.76 Å². The van der Waals surface area contributed by atoms with Crippen molar-refractivity contribution < 1.29 is 23.8 Å². The van der Waals surface area contributed by atoms with E-state index in [-0.39, 0.29) is 23.4 Å². The van der Waals surface area contributed by atoms with Crippen LogP contribution >= 0.6 is 0 Å². The standard InChI is InChI=1S/C26H24FN3O4/c1-2-15-34-21-6-3-5-19(16-21)23-22(24(31)18-7-9-20(27)10-8-18)25(32)26(33)30(23)13-4-12-29-14-11-28-17-29/h2-3,5-11,14,16-17,23,31H,1,4,12-13,15H2/t23-/m1/s1. The first-order valence-corrected chi connectivity index (χ1v) is 10.8. The number of Topliss-reactive ketones (excluding diaryl/α,β-unsaturated/α-hetero) is 1. The van der Waals surface area contributed by atoms with Gasteiger partial charge in [0.1, 0.15) is 23.9 Å². The maximum absolute atomic E-state index is 13.4. The summed E-state index contributed by atoms with van der Waals surface area (Å²) >= 11 is 0. The predicted molar refractivity (Wildman–Crippen MR) is 124 cm³/mol. The normalized spacial score (nSPS) is 17.2. The zero-order valence-corrected chi connectivity index (χ0v) is 18.4. The van der Waals surface area contributed by atoms with Gasteiger partial charge in [-0.3, -0.25) is 9.59 Å². The van der Waals surface area contributed by atoms with Crippen molar-refractivity contribution in [2.24, 2.45) is 0 Å². The number of ketones is 1. The zero-order valence-electron chi connectivity index (χ0n) is 18.4. The number of aromatic nitrogens is 2. The number of ether oxygens (including phenoxy) is 1. The van der Waals surface area contributed by atoms with Gasteiger partial charge < -0.3 is 19.3 Å². The van der Waals surface area contributed by atoms with Crippen LogP contribution in [0.4, 0.5) is 4.39 Å². The number of halogens is 1. The van der Waals surface area contributed by atoms with E-state index in [9.17, 15) is 19.1 Å². The molecular weight excluding hydrogens is 437 g/mol. The highest BCUT2D eigenvalue weighted by atomic mass is 19.1. The number of aliphatic hydroxyl groups excluding tert-OH is 1. The molecule has 2 heterocycles. The fourth-order valence-corrected chi connectivity index (χ4v) is 3.99. The first-order chi connectivity index (χ1) is 16.5. The van der Waals surface area contributed by atoms with Crippen molar-refractivity contribution in [3.05, 3.63) is 102 Å². The Hall–Kier alpha value is -4.20. The molecule has 1 atom stereocenters. The first-order valence-electron chi connectivity index (χ1n) is 10.8. The number of nitrogens with zero attached hydrogens (tertiary/aromatic N) is 3. The third-order valence-corrected chi connectivity index (χ3v) is 5.57. The first kappa shape index (κ1) is 23.0. The summed E-state index contributed by atoms with van der Waals surface area (Å²) in [5.74, 6) is -1.76. The monoisotopic (exact) mass is 461 g/mol. The van der Waals surface area contributed by atoms with E-state index in [1.165, 1.54) is 29.2 Å². The van der Waals surface area contributed by atoms with E-state index in [0.29, 0.717) is 30.9 Å². The number of likely N-dealkylation sites (tertiary alicyclic amines) is 1. The molecule has 1 saturated heterocycles. The molecule has 0 aliphatic carbocycles. The van der Waals surface area contributed by atoms with Crippen molar-refractivity contribution in [3.63, 3.8) is 0 Å². The Morgan fingerprint density at radius 3 is 2.68 bits per heavy atom. The number of carbonyl (C=O) groups is 2. The lowest BCUT2D eigenvalue weighted by Crippen LogP contribution is -2.31. The van der Waals surface area contributed by atoms with E-state index >= 15 is 0 Å². The molecule has 1 aliphatic rings. The minimum absolute atomic E-state index is 0.0416. The number of benzene rings is 2. The molecule has 0 radical (unpaired) electrons. The van der Waals surface area contributed by atoms with Crippen LogP contribution < -0.4 is 4.74 Å². The van der Waals surface area contributed by atoms with Crippen molar-refractivity contribution in [2.45, 2.75) is 19.0 Å². The van der Waals surface area contributed by atoms with Crippen LogP contribution in [0.15, 0.2) is 85.5 Å². The zero-order chi connectivity index (χ0) is 24.1. The highest BCUT2D eigenvalue weighted by Gasteiger charge is 2.45. The minimum atomic E-state index is -0.819. The second kappa shape index (κ2) is 10.2. The number of aliphatic hydroxyl groups is 1. The third kappa shape index (κ3) is 4.76. The topological polar surface area (TPSA) is 84.7 Å². The number of hydrogen-bond acceptors (Lipinski definition) is 5. The number of hydrogen-bond donors (Lipinski definition) is 1. The molecule has 3 aromatic rings. The van der Waals surface area contributed by atoms with Crippen molar-refractivity contribution in [3.8, 4) is 5.75 Å². The smallest absolute Gasteiger partial charge is 0.295 e. The number of rotatable bonds is 9. The molecule has 1 aliphatic heterocycles. The van der Waals surface area contributed by atoms with Gasteiger partial charge in [-0.15, -0.1) is 0 Å². The van der Waals surface area contributed by atoms with Gasteiger partial charge in [-0.25, -0.2) is 9.37 Å². The molecule has 0 unspecified atom stereocenters. The average Bonchev–Trinajstić information content (AvgIpc) is 3.45. The van der Waals surface area contributed by atoms with Gasteiger partial charge in [0.05, 0.1) is 17.9 Å². The number of aryl methyl sites for hydroxylation is 1. The van der Waals surface area contributed by atoms with Gasteiger partial charge in [0, 0.05) is 31.0 Å². The maximum atomic E-state index is 13.4. The molecule has 7 nitrogen and oxygen atoms in total. The van der Waals surface area contributed by atoms with Crippen LogP contribution in [0.3, 0.4) is 0 Å². The quantitative estimate of drug-likeness (QED) is 0.225. The summed E-state index contributed by atoms with van der Waals surface area (Å²) in [6.45, 7) is 4.83. The summed E-state index contributed by atoms with van der Waals surface area (Å²) in [7, 11) is 0. The summed E-state index contributed by atoms with van der Waals surface area (Å²) in [6.07, 6.45) is 7.36. The molecule has 0 saturated carbocycles. The van der Waals surface area contributed by atoms with Gasteiger partial charge >= 0.3 is 0 Å². The summed E-state index contributed by atoms with van der Waals surface area (Å²) in [6, 6.07) is 11.3. The Labute approximate surface area is 196 Å². The molecule has 1 amide bonds. The van der Waals surface area contributed by atoms with Gasteiger partial charge in [0.2, 0.25) is 0 Å². The van der Waals surface area contributed by atoms with Gasteiger partial charge in [-0.2, -0.15) is 0 Å². The molecule has 0 spiro atoms. The summed E-state index contributed by atoms with van der Waals surface area (Å²) in [5, 5.41) is 11.0. The van der Waals surface area contributed by atoms with Gasteiger partial charge in [0.15, 0.2) is 0 Å². The largest absolute Gasteiger partial charge is 0.507 e. The SMILES string of the molecule is C=CCOc1cccc([C@@H]2C(=C(O)c3ccc(F)cc3)C(=O)C(=O)N2CCCn2ccnc2)c1. The van der Waals surface area contributed by atoms with E-state index in [2.05, 4.69) is 11.6 Å². The van der Waals surface area contributed by atoms with Gasteiger partial charge in [0.25, 0.3) is 11.7 Å². The summed E-state index contributed by atoms with van der Waals surface area (Å²) in [4.78, 5) is 31.6. The van der Waals surface area contributed by atoms with Crippen LogP contribution in [0, 0.1) is 5.82 Å². The Morgan fingerprint density at radius 1 is 1.18 bits per heavy atom. The van der Waals surface area contributed by atoms with E-state index < -0.39 is 23.5 Å². The molecule has 174 valence electrons. The molecule has 0 bridgehead atoms. The molecule has 1 N–H and O–H groups in total. The Bertz CT molecular complexity index is 1220. The predicted octanol–water partition coefficient (Wildman–Crippen LogP) is 4.10. The lowest BCUT2D eigenvalue weighted by Gasteiger charge is -2.25. The fourth-order valence-electron chi connectivity index (χ4n) is 3.99. The lowest BCUT2D eigenvalue weighted by atomic mass is 9.95. The molecule has 4 rings (SSSR count). The Balaban J connectivity index is 1.73. The highest BCUT2D eigenvalue weighted by molar-refractivity contribution is 6.46. The minimum Gasteiger partial charge on any atom is -0.507 e. The Morgan fingerprint density at radius 2 is 1.97 bits per heavy atom. The molecule has 8 heteroatoms. The molecule has 1 aromatic heterocycles. The van der Waals surface area contributed by atoms with E-state index in [4.69, 9.17) is 4.74 Å². The van der Waals surface area contributed by atoms with E-state index in [0.717, 1.165) is 0 Å². The summed E-state index contributed by atoms with van der Waals surface area (Å²) < 4.78 is 20.9. The number of amides is 1. The van der Waals surface area contributed by atoms with Crippen LogP contribution in [0.2, 0.25) is 0 Å². The van der Waals surface area contributed by atoms with Crippen LogP contribution in [0.5, 0.6) is 5.75 Å².